The van der Waals surface area contributed by atoms with Crippen molar-refractivity contribution in [1.82, 2.24) is 0 Å². The summed E-state index contributed by atoms with van der Waals surface area (Å²) in [5, 5.41) is 0. The first kappa shape index (κ1) is 42.3. The molecule has 2 aliphatic rings. The molecule has 250 valence electrons. The van der Waals surface area contributed by atoms with Crippen LogP contribution in [0.2, 0.25) is 60.4 Å². The van der Waals surface area contributed by atoms with Crippen LogP contribution in [0.1, 0.15) is 69.2 Å². The van der Waals surface area contributed by atoms with Crippen molar-refractivity contribution in [3.63, 3.8) is 0 Å². The fourth-order valence-corrected chi connectivity index (χ4v) is 50.6. The average Bonchev–Trinajstić information content (AvgIpc) is 3.05. The highest BCUT2D eigenvalue weighted by atomic mass is 29.3. The Morgan fingerprint density at radius 2 is 0.773 bits per heavy atom. The van der Waals surface area contributed by atoms with E-state index < -0.39 is 60.4 Å². The Labute approximate surface area is 288 Å². The van der Waals surface area contributed by atoms with Gasteiger partial charge in [-0.3, -0.25) is 0 Å². The van der Waals surface area contributed by atoms with Gasteiger partial charge in [0.05, 0.1) is 0 Å². The van der Waals surface area contributed by atoms with E-state index in [1.807, 2.05) is 0 Å². The standard InChI is InChI=1S/C20H50O12Si12/c1-11-38-27-40(12-2,13-3)29-41(14-4,15-5)30-42(16-6,17-7)31-43(18-8,19-9)32-44(20-10,28-38)39-25-36-23-34-21-33-22-35-24-37-26-39/h11-20H2,1-10H3. The van der Waals surface area contributed by atoms with Gasteiger partial charge in [0.25, 0.3) is 0 Å². The van der Waals surface area contributed by atoms with Crippen LogP contribution in [0.15, 0.2) is 0 Å². The van der Waals surface area contributed by atoms with Crippen LogP contribution in [-0.4, -0.2) is 110 Å². The van der Waals surface area contributed by atoms with Gasteiger partial charge in [0.1, 0.15) is 0 Å². The molecule has 0 aliphatic carbocycles. The molecular formula is C20H50O12Si12. The summed E-state index contributed by atoms with van der Waals surface area (Å²) < 4.78 is 79.4. The largest absolute Gasteiger partial charge is 0.415 e. The number of hydrogen-bond acceptors (Lipinski definition) is 12. The molecule has 2 fully saturated rings. The fourth-order valence-electron chi connectivity index (χ4n) is 4.93. The SMILES string of the molecule is CC[Si]1O[Si](CC)(CC)O[Si](CC)(CC)O[Si](CC)(CC)O[Si](CC)(CC)O[Si](CC)([Si]2O[Si]O[Si]O[Si]O[Si]O[Si]O2)O1. The monoisotopic (exact) mass is 818 g/mol. The zero-order chi connectivity index (χ0) is 32.7. The molecule has 1 unspecified atom stereocenters. The van der Waals surface area contributed by atoms with Crippen LogP contribution in [0.25, 0.3) is 0 Å². The normalized spacial score (nSPS) is 28.2. The maximum Gasteiger partial charge on any atom is 0.412 e. The molecule has 12 nitrogen and oxygen atoms in total. The molecule has 1 atom stereocenters. The maximum atomic E-state index is 7.53. The second-order valence-corrected chi connectivity index (χ2v) is 41.6. The van der Waals surface area contributed by atoms with Crippen LogP contribution in [0.5, 0.6) is 0 Å². The predicted molar refractivity (Wildman–Crippen MR) is 187 cm³/mol. The molecule has 2 aliphatic heterocycles. The Morgan fingerprint density at radius 3 is 1.14 bits per heavy atom. The van der Waals surface area contributed by atoms with E-state index in [0.717, 1.165) is 54.4 Å². The minimum Gasteiger partial charge on any atom is -0.415 e. The first-order valence-corrected chi connectivity index (χ1v) is 34.6. The van der Waals surface area contributed by atoms with Crippen LogP contribution in [0, 0.1) is 0 Å². The van der Waals surface area contributed by atoms with Crippen molar-refractivity contribution in [2.24, 2.45) is 0 Å². The summed E-state index contributed by atoms with van der Waals surface area (Å²) in [6.07, 6.45) is 0. The highest BCUT2D eigenvalue weighted by Gasteiger charge is 2.62. The van der Waals surface area contributed by atoms with Crippen molar-refractivity contribution < 1.29 is 49.4 Å². The molecule has 0 bridgehead atoms. The lowest BCUT2D eigenvalue weighted by Crippen LogP contribution is -2.71. The van der Waals surface area contributed by atoms with Gasteiger partial charge in [0.2, 0.25) is 0 Å². The van der Waals surface area contributed by atoms with Crippen LogP contribution in [0.4, 0.5) is 0 Å². The summed E-state index contributed by atoms with van der Waals surface area (Å²) in [5.74, 6) is 0. The fraction of sp³-hybridized carbons (Fsp3) is 1.00. The number of hydrogen-bond donors (Lipinski definition) is 0. The molecule has 24 heteroatoms. The van der Waals surface area contributed by atoms with Crippen molar-refractivity contribution in [3.8, 4) is 0 Å². The Kier molecular flexibility index (Phi) is 19.9. The van der Waals surface area contributed by atoms with Crippen LogP contribution in [-0.2, 0) is 49.4 Å². The molecule has 44 heavy (non-hydrogen) atoms. The second-order valence-electron chi connectivity index (χ2n) is 10.2. The molecule has 0 saturated carbocycles. The molecule has 0 N–H and O–H groups in total. The first-order chi connectivity index (χ1) is 21.1. The third-order valence-electron chi connectivity index (χ3n) is 8.02. The first-order valence-electron chi connectivity index (χ1n) is 15.8. The van der Waals surface area contributed by atoms with E-state index in [1.54, 1.807) is 0 Å². The molecule has 12 radical (unpaired) electrons. The number of rotatable bonds is 11. The summed E-state index contributed by atoms with van der Waals surface area (Å²) in [6.45, 7) is 21.8. The summed E-state index contributed by atoms with van der Waals surface area (Å²) in [5.41, 5.74) is 0. The van der Waals surface area contributed by atoms with Gasteiger partial charge < -0.3 is 49.4 Å². The van der Waals surface area contributed by atoms with E-state index >= 15 is 0 Å². The van der Waals surface area contributed by atoms with E-state index in [0.29, 0.717) is 6.04 Å². The summed E-state index contributed by atoms with van der Waals surface area (Å²) in [7, 11) is -19.6. The van der Waals surface area contributed by atoms with E-state index in [9.17, 15) is 0 Å². The smallest absolute Gasteiger partial charge is 0.412 e. The van der Waals surface area contributed by atoms with Gasteiger partial charge in [-0.05, 0) is 60.4 Å². The zero-order valence-electron chi connectivity index (χ0n) is 28.0. The third-order valence-corrected chi connectivity index (χ3v) is 46.6. The lowest BCUT2D eigenvalue weighted by molar-refractivity contribution is 0.223. The molecule has 0 aromatic heterocycles. The highest BCUT2D eigenvalue weighted by molar-refractivity contribution is 7.26. The van der Waals surface area contributed by atoms with Crippen molar-refractivity contribution >= 4 is 110 Å². The molecular weight excluding hydrogens is 769 g/mol. The minimum absolute atomic E-state index is 0.159. The van der Waals surface area contributed by atoms with Crippen LogP contribution < -0.4 is 0 Å². The quantitative estimate of drug-likeness (QED) is 0.277. The molecule has 2 heterocycles. The van der Waals surface area contributed by atoms with Crippen molar-refractivity contribution in [1.29, 1.82) is 0 Å². The van der Waals surface area contributed by atoms with Gasteiger partial charge in [0.15, 0.2) is 0 Å². The molecule has 0 amide bonds. The van der Waals surface area contributed by atoms with Gasteiger partial charge in [-0.2, -0.15) is 0 Å². The Morgan fingerprint density at radius 1 is 0.409 bits per heavy atom. The molecule has 2 saturated heterocycles. The minimum atomic E-state index is -3.30. The highest BCUT2D eigenvalue weighted by Crippen LogP contribution is 2.40. The zero-order valence-corrected chi connectivity index (χ0v) is 40.0. The van der Waals surface area contributed by atoms with E-state index in [4.69, 9.17) is 49.4 Å². The van der Waals surface area contributed by atoms with Gasteiger partial charge in [-0.25, -0.2) is 0 Å². The second kappa shape index (κ2) is 20.7. The lowest BCUT2D eigenvalue weighted by atomic mass is 10.9. The third kappa shape index (κ3) is 11.3. The Balaban J connectivity index is 2.77. The summed E-state index contributed by atoms with van der Waals surface area (Å²) >= 11 is 0. The van der Waals surface area contributed by atoms with Crippen molar-refractivity contribution in [2.75, 3.05) is 0 Å². The molecule has 0 spiro atoms. The Bertz CT molecular complexity index is 785. The predicted octanol–water partition coefficient (Wildman–Crippen LogP) is 4.35. The summed E-state index contributed by atoms with van der Waals surface area (Å²) in [4.78, 5) is 0. The van der Waals surface area contributed by atoms with Gasteiger partial charge in [-0.15, -0.1) is 0 Å². The lowest BCUT2D eigenvalue weighted by Gasteiger charge is -2.50. The molecule has 0 aromatic carbocycles. The summed E-state index contributed by atoms with van der Waals surface area (Å²) in [6, 6.07) is 7.80. The average molecular weight is 820 g/mol. The van der Waals surface area contributed by atoms with E-state index in [1.165, 1.54) is 0 Å². The van der Waals surface area contributed by atoms with Crippen molar-refractivity contribution in [2.45, 2.75) is 130 Å². The van der Waals surface area contributed by atoms with Crippen molar-refractivity contribution in [3.05, 3.63) is 0 Å². The van der Waals surface area contributed by atoms with Gasteiger partial charge >= 0.3 is 110 Å². The van der Waals surface area contributed by atoms with Crippen LogP contribution in [0.3, 0.4) is 0 Å². The van der Waals surface area contributed by atoms with Crippen LogP contribution >= 0.6 is 0 Å². The van der Waals surface area contributed by atoms with Gasteiger partial charge in [-0.1, -0.05) is 69.2 Å². The molecule has 2 rings (SSSR count). The van der Waals surface area contributed by atoms with E-state index in [2.05, 4.69) is 69.2 Å². The van der Waals surface area contributed by atoms with E-state index in [-0.39, 0.29) is 50.0 Å². The maximum absolute atomic E-state index is 7.53. The van der Waals surface area contributed by atoms with Gasteiger partial charge in [0, 0.05) is 0 Å². The molecule has 0 aromatic rings. The Hall–Kier alpha value is 2.12. The topological polar surface area (TPSA) is 111 Å².